The monoisotopic (exact) mass is 632 g/mol. The first kappa shape index (κ1) is 29.7. The third kappa shape index (κ3) is 4.09. The standard InChI is InChI=1S/C28H24O17/c29-7-16(35)24-28(41)27(40,26(39)44-24)19-17(45-28)6-11(30)10-5-18(42-25(38)9-3-14(33)21(37)15(34)4-9)22(43-23(10)19)8-1-12(31)20(36)13(32)2-8/h1-4,6,16,18,22,24,29-37,40-41H,5,7H2/t16-,18+,22+,24+,27?,28?/m0/s1. The van der Waals surface area contributed by atoms with E-state index in [0.717, 1.165) is 30.3 Å². The molecule has 3 aliphatic rings. The summed E-state index contributed by atoms with van der Waals surface area (Å²) < 4.78 is 22.0. The van der Waals surface area contributed by atoms with Gasteiger partial charge < -0.3 is 75.1 Å². The molecular weight excluding hydrogens is 608 g/mol. The van der Waals surface area contributed by atoms with Gasteiger partial charge in [0, 0.05) is 23.6 Å². The molecule has 6 rings (SSSR count). The predicted octanol–water partition coefficient (Wildman–Crippen LogP) is -0.925. The first-order valence-corrected chi connectivity index (χ1v) is 13.0. The normalized spacial score (nSPS) is 26.9. The maximum atomic E-state index is 13.1. The van der Waals surface area contributed by atoms with Crippen molar-refractivity contribution in [3.05, 3.63) is 52.6 Å². The van der Waals surface area contributed by atoms with E-state index in [1.54, 1.807) is 0 Å². The van der Waals surface area contributed by atoms with Crippen LogP contribution in [0.25, 0.3) is 0 Å². The second-order valence-corrected chi connectivity index (χ2v) is 10.6. The van der Waals surface area contributed by atoms with Crippen LogP contribution in [0.15, 0.2) is 30.3 Å². The van der Waals surface area contributed by atoms with Crippen LogP contribution in [0.5, 0.6) is 51.7 Å². The molecule has 3 aliphatic heterocycles. The molecule has 1 saturated heterocycles. The highest BCUT2D eigenvalue weighted by molar-refractivity contribution is 5.92. The molecule has 0 bridgehead atoms. The fourth-order valence-electron chi connectivity index (χ4n) is 5.68. The van der Waals surface area contributed by atoms with Gasteiger partial charge in [0.15, 0.2) is 46.7 Å². The highest BCUT2D eigenvalue weighted by Gasteiger charge is 2.77. The Kier molecular flexibility index (Phi) is 6.49. The smallest absolute Gasteiger partial charge is 0.351 e. The van der Waals surface area contributed by atoms with Crippen molar-refractivity contribution in [2.75, 3.05) is 6.61 Å². The summed E-state index contributed by atoms with van der Waals surface area (Å²) in [6.45, 7) is -1.02. The topological polar surface area (TPSA) is 294 Å². The average Bonchev–Trinajstić information content (AvgIpc) is 3.34. The van der Waals surface area contributed by atoms with Crippen molar-refractivity contribution >= 4 is 11.9 Å². The van der Waals surface area contributed by atoms with Crippen molar-refractivity contribution in [3.63, 3.8) is 0 Å². The first-order valence-electron chi connectivity index (χ1n) is 13.0. The highest BCUT2D eigenvalue weighted by Crippen LogP contribution is 2.61. The van der Waals surface area contributed by atoms with E-state index in [9.17, 15) is 65.8 Å². The number of carbonyl (C=O) groups excluding carboxylic acids is 2. The van der Waals surface area contributed by atoms with Crippen LogP contribution in [0, 0.1) is 0 Å². The minimum atomic E-state index is -3.10. The third-order valence-electron chi connectivity index (χ3n) is 7.89. The number of esters is 2. The van der Waals surface area contributed by atoms with E-state index in [1.807, 2.05) is 0 Å². The number of hydrogen-bond donors (Lipinski definition) is 11. The lowest BCUT2D eigenvalue weighted by Gasteiger charge is -2.36. The number of hydrogen-bond acceptors (Lipinski definition) is 17. The molecular formula is C28H24O17. The van der Waals surface area contributed by atoms with Crippen molar-refractivity contribution in [1.82, 2.24) is 0 Å². The number of aliphatic hydroxyl groups excluding tert-OH is 2. The number of ether oxygens (including phenoxy) is 4. The average molecular weight is 632 g/mol. The van der Waals surface area contributed by atoms with E-state index in [4.69, 9.17) is 18.9 Å². The van der Waals surface area contributed by atoms with Crippen molar-refractivity contribution < 1.29 is 84.7 Å². The number of phenols is 7. The second kappa shape index (κ2) is 9.83. The van der Waals surface area contributed by atoms with Crippen molar-refractivity contribution in [3.8, 4) is 51.7 Å². The molecule has 2 unspecified atom stereocenters. The van der Waals surface area contributed by atoms with Crippen molar-refractivity contribution in [1.29, 1.82) is 0 Å². The number of aliphatic hydroxyl groups is 4. The lowest BCUT2D eigenvalue weighted by Crippen LogP contribution is -2.59. The van der Waals surface area contributed by atoms with Gasteiger partial charge in [-0.15, -0.1) is 0 Å². The van der Waals surface area contributed by atoms with E-state index < -0.39 is 124 Å². The van der Waals surface area contributed by atoms with Crippen molar-refractivity contribution in [2.24, 2.45) is 0 Å². The van der Waals surface area contributed by atoms with E-state index in [-0.39, 0.29) is 11.1 Å². The minimum absolute atomic E-state index is 0.163. The van der Waals surface area contributed by atoms with Crippen LogP contribution < -0.4 is 9.47 Å². The Hall–Kier alpha value is -5.36. The summed E-state index contributed by atoms with van der Waals surface area (Å²) in [6, 6.07) is 4.30. The molecule has 17 nitrogen and oxygen atoms in total. The van der Waals surface area contributed by atoms with Gasteiger partial charge in [-0.1, -0.05) is 0 Å². The SMILES string of the molecule is O=C(O[C@@H]1Cc2c(O)cc3c(c2O[C@@H]1c1cc(O)c(O)c(O)c1)C1(O)C(=O)O[C@H]([C@@H](O)CO)C1(O)O3)c1cc(O)c(O)c(O)c1. The molecule has 0 aliphatic carbocycles. The van der Waals surface area contributed by atoms with Crippen LogP contribution in [0.1, 0.15) is 33.2 Å². The third-order valence-corrected chi connectivity index (χ3v) is 7.89. The van der Waals surface area contributed by atoms with Crippen LogP contribution in [-0.4, -0.2) is 98.8 Å². The molecule has 0 radical (unpaired) electrons. The van der Waals surface area contributed by atoms with E-state index >= 15 is 0 Å². The molecule has 3 heterocycles. The van der Waals surface area contributed by atoms with Crippen molar-refractivity contribution in [2.45, 2.75) is 42.2 Å². The van der Waals surface area contributed by atoms with Crippen LogP contribution in [0.3, 0.4) is 0 Å². The fourth-order valence-corrected chi connectivity index (χ4v) is 5.68. The molecule has 45 heavy (non-hydrogen) atoms. The summed E-state index contributed by atoms with van der Waals surface area (Å²) in [4.78, 5) is 26.1. The Balaban J connectivity index is 1.48. The number of cyclic esters (lactones) is 1. The molecule has 0 amide bonds. The van der Waals surface area contributed by atoms with Crippen LogP contribution >= 0.6 is 0 Å². The van der Waals surface area contributed by atoms with E-state index in [0.29, 0.717) is 0 Å². The van der Waals surface area contributed by atoms with Gasteiger partial charge in [0.25, 0.3) is 11.4 Å². The highest BCUT2D eigenvalue weighted by atomic mass is 16.7. The maximum absolute atomic E-state index is 13.1. The summed E-state index contributed by atoms with van der Waals surface area (Å²) in [6.07, 6.45) is -7.51. The lowest BCUT2D eigenvalue weighted by atomic mass is 9.82. The Morgan fingerprint density at radius 1 is 0.889 bits per heavy atom. The molecule has 3 aromatic rings. The molecule has 11 N–H and O–H groups in total. The predicted molar refractivity (Wildman–Crippen MR) is 140 cm³/mol. The van der Waals surface area contributed by atoms with Gasteiger partial charge in [0.2, 0.25) is 0 Å². The quantitative estimate of drug-likeness (QED) is 0.120. The van der Waals surface area contributed by atoms with Gasteiger partial charge in [-0.25, -0.2) is 9.59 Å². The summed E-state index contributed by atoms with van der Waals surface area (Å²) >= 11 is 0. The first-order chi connectivity index (χ1) is 21.1. The van der Waals surface area contributed by atoms with Gasteiger partial charge >= 0.3 is 11.9 Å². The minimum Gasteiger partial charge on any atom is -0.507 e. The molecule has 0 aromatic heterocycles. The maximum Gasteiger partial charge on any atom is 0.351 e. The summed E-state index contributed by atoms with van der Waals surface area (Å²) in [5.74, 6) is -12.6. The molecule has 6 atom stereocenters. The zero-order valence-corrected chi connectivity index (χ0v) is 22.5. The Morgan fingerprint density at radius 3 is 2.04 bits per heavy atom. The van der Waals surface area contributed by atoms with Crippen LogP contribution in [-0.2, 0) is 26.3 Å². The van der Waals surface area contributed by atoms with Gasteiger partial charge in [-0.2, -0.15) is 0 Å². The van der Waals surface area contributed by atoms with Gasteiger partial charge in [0.1, 0.15) is 29.5 Å². The second-order valence-electron chi connectivity index (χ2n) is 10.6. The summed E-state index contributed by atoms with van der Waals surface area (Å²) in [7, 11) is 0. The number of aromatic hydroxyl groups is 7. The number of carbonyl (C=O) groups is 2. The number of fused-ring (bicyclic) bond motifs is 5. The zero-order chi connectivity index (χ0) is 32.7. The molecule has 0 saturated carbocycles. The van der Waals surface area contributed by atoms with E-state index in [1.165, 1.54) is 0 Å². The molecule has 0 spiro atoms. The lowest BCUT2D eigenvalue weighted by molar-refractivity contribution is -0.251. The summed E-state index contributed by atoms with van der Waals surface area (Å²) in [5.41, 5.74) is -4.51. The number of rotatable bonds is 5. The van der Waals surface area contributed by atoms with Gasteiger partial charge in [0.05, 0.1) is 17.7 Å². The number of benzene rings is 3. The number of phenolic OH excluding ortho intramolecular Hbond substituents is 7. The van der Waals surface area contributed by atoms with Crippen LogP contribution in [0.4, 0.5) is 0 Å². The Morgan fingerprint density at radius 2 is 1.47 bits per heavy atom. The zero-order valence-electron chi connectivity index (χ0n) is 22.5. The van der Waals surface area contributed by atoms with Gasteiger partial charge in [-0.3, -0.25) is 0 Å². The molecule has 3 aromatic carbocycles. The van der Waals surface area contributed by atoms with E-state index in [2.05, 4.69) is 0 Å². The fraction of sp³-hybridized carbons (Fsp3) is 0.286. The molecule has 1 fully saturated rings. The Labute approximate surface area is 250 Å². The molecule has 238 valence electrons. The largest absolute Gasteiger partial charge is 0.507 e. The molecule has 17 heteroatoms. The van der Waals surface area contributed by atoms with Crippen LogP contribution in [0.2, 0.25) is 0 Å². The van der Waals surface area contributed by atoms with Gasteiger partial charge in [-0.05, 0) is 24.3 Å². The summed E-state index contributed by atoms with van der Waals surface area (Å²) in [5, 5.41) is 113. The Bertz CT molecular complexity index is 1720.